The molecule has 0 unspecified atom stereocenters. The quantitative estimate of drug-likeness (QED) is 0.257. The van der Waals surface area contributed by atoms with Gasteiger partial charge in [0.15, 0.2) is 11.0 Å². The fourth-order valence-corrected chi connectivity index (χ4v) is 3.58. The predicted octanol–water partition coefficient (Wildman–Crippen LogP) is 4.79. The molecule has 0 aliphatic heterocycles. The minimum absolute atomic E-state index is 0.0269. The van der Waals surface area contributed by atoms with E-state index in [-0.39, 0.29) is 15.9 Å². The Bertz CT molecular complexity index is 948. The number of furan rings is 1. The highest BCUT2D eigenvalue weighted by atomic mass is 32.2. The topological polar surface area (TPSA) is 87.0 Å². The van der Waals surface area contributed by atoms with Crippen molar-refractivity contribution in [3.8, 4) is 11.4 Å². The van der Waals surface area contributed by atoms with Crippen molar-refractivity contribution in [1.29, 1.82) is 0 Å². The Kier molecular flexibility index (Phi) is 5.22. The van der Waals surface area contributed by atoms with Crippen molar-refractivity contribution in [2.75, 3.05) is 0 Å². The Labute approximate surface area is 154 Å². The first-order valence-corrected chi connectivity index (χ1v) is 8.88. The lowest BCUT2D eigenvalue weighted by atomic mass is 10.1. The van der Waals surface area contributed by atoms with Gasteiger partial charge in [0.05, 0.1) is 16.7 Å². The molecular formula is C18H18N4O3S. The van der Waals surface area contributed by atoms with Crippen molar-refractivity contribution in [3.05, 3.63) is 70.7 Å². The van der Waals surface area contributed by atoms with E-state index in [2.05, 4.69) is 16.8 Å². The zero-order chi connectivity index (χ0) is 18.7. The van der Waals surface area contributed by atoms with E-state index in [1.165, 1.54) is 17.8 Å². The Morgan fingerprint density at radius 1 is 1.42 bits per heavy atom. The van der Waals surface area contributed by atoms with Crippen LogP contribution in [0.5, 0.6) is 0 Å². The average molecular weight is 370 g/mol. The minimum atomic E-state index is -0.388. The maximum atomic E-state index is 11.0. The number of hydrogen-bond donors (Lipinski definition) is 0. The smallest absolute Gasteiger partial charge is 0.269 e. The van der Waals surface area contributed by atoms with Crippen LogP contribution in [0.15, 0.2) is 58.8 Å². The highest BCUT2D eigenvalue weighted by Gasteiger charge is 2.20. The van der Waals surface area contributed by atoms with Crippen LogP contribution in [-0.2, 0) is 6.54 Å². The summed E-state index contributed by atoms with van der Waals surface area (Å²) in [6.45, 7) is 8.22. The van der Waals surface area contributed by atoms with Crippen LogP contribution in [0.3, 0.4) is 0 Å². The molecule has 2 aromatic heterocycles. The zero-order valence-corrected chi connectivity index (χ0v) is 15.3. The Balaban J connectivity index is 1.91. The molecule has 2 heterocycles. The van der Waals surface area contributed by atoms with Crippen LogP contribution in [0.4, 0.5) is 5.69 Å². The van der Waals surface area contributed by atoms with Gasteiger partial charge >= 0.3 is 0 Å². The summed E-state index contributed by atoms with van der Waals surface area (Å²) in [6, 6.07) is 8.50. The highest BCUT2D eigenvalue weighted by molar-refractivity contribution is 7.99. The van der Waals surface area contributed by atoms with Gasteiger partial charge in [-0.1, -0.05) is 30.0 Å². The Morgan fingerprint density at radius 2 is 2.23 bits per heavy atom. The molecule has 0 amide bonds. The van der Waals surface area contributed by atoms with Crippen LogP contribution in [0, 0.1) is 17.0 Å². The van der Waals surface area contributed by atoms with Gasteiger partial charge in [-0.3, -0.25) is 14.7 Å². The van der Waals surface area contributed by atoms with Crippen LogP contribution in [0.25, 0.3) is 11.4 Å². The molecule has 0 bridgehead atoms. The molecule has 0 fully saturated rings. The van der Waals surface area contributed by atoms with Crippen molar-refractivity contribution < 1.29 is 9.34 Å². The molecule has 1 aromatic carbocycles. The van der Waals surface area contributed by atoms with Gasteiger partial charge in [0, 0.05) is 23.9 Å². The second kappa shape index (κ2) is 7.57. The van der Waals surface area contributed by atoms with E-state index in [1.807, 2.05) is 30.5 Å². The van der Waals surface area contributed by atoms with Crippen molar-refractivity contribution in [2.24, 2.45) is 0 Å². The lowest BCUT2D eigenvalue weighted by Gasteiger charge is -2.12. The maximum Gasteiger partial charge on any atom is 0.269 e. The number of nitro benzene ring substituents is 1. The molecule has 1 atom stereocenters. The number of thioether (sulfide) groups is 1. The number of benzene rings is 1. The number of allylic oxidation sites excluding steroid dienone is 1. The lowest BCUT2D eigenvalue weighted by Crippen LogP contribution is -2.02. The summed E-state index contributed by atoms with van der Waals surface area (Å²) in [5.74, 6) is 1.48. The van der Waals surface area contributed by atoms with Gasteiger partial charge in [-0.25, -0.2) is 0 Å². The number of aryl methyl sites for hydroxylation is 1. The van der Waals surface area contributed by atoms with Crippen LogP contribution >= 0.6 is 11.8 Å². The van der Waals surface area contributed by atoms with E-state index in [0.29, 0.717) is 12.4 Å². The lowest BCUT2D eigenvalue weighted by molar-refractivity contribution is -0.384. The molecular weight excluding hydrogens is 352 g/mol. The molecule has 8 heteroatoms. The number of nitro groups is 1. The second-order valence-electron chi connectivity index (χ2n) is 5.71. The van der Waals surface area contributed by atoms with E-state index in [0.717, 1.165) is 22.0 Å². The Hall–Kier alpha value is -2.87. The van der Waals surface area contributed by atoms with Gasteiger partial charge in [-0.05, 0) is 25.5 Å². The second-order valence-corrected chi connectivity index (χ2v) is 7.02. The highest BCUT2D eigenvalue weighted by Crippen LogP contribution is 2.36. The van der Waals surface area contributed by atoms with Crippen molar-refractivity contribution >= 4 is 17.4 Å². The first kappa shape index (κ1) is 17.9. The summed E-state index contributed by atoms with van der Waals surface area (Å²) in [6.07, 6.45) is 3.40. The first-order chi connectivity index (χ1) is 12.5. The molecule has 0 saturated carbocycles. The third-order valence-electron chi connectivity index (χ3n) is 3.96. The van der Waals surface area contributed by atoms with E-state index in [1.54, 1.807) is 24.5 Å². The van der Waals surface area contributed by atoms with Gasteiger partial charge < -0.3 is 4.42 Å². The van der Waals surface area contributed by atoms with Crippen molar-refractivity contribution in [2.45, 2.75) is 30.8 Å². The number of rotatable bonds is 7. The van der Waals surface area contributed by atoms with E-state index < -0.39 is 0 Å². The largest absolute Gasteiger partial charge is 0.469 e. The fraction of sp³-hybridized carbons (Fsp3) is 0.222. The number of aromatic nitrogens is 3. The number of hydrogen-bond acceptors (Lipinski definition) is 6. The van der Waals surface area contributed by atoms with Crippen LogP contribution < -0.4 is 0 Å². The normalized spacial score (nSPS) is 12.1. The number of non-ortho nitro benzene ring substituents is 1. The summed E-state index contributed by atoms with van der Waals surface area (Å²) in [4.78, 5) is 10.6. The van der Waals surface area contributed by atoms with E-state index >= 15 is 0 Å². The standard InChI is InChI=1S/C18H18N4O3S/c1-4-9-21-17(16-8-10-25-12(16)2)19-20-18(21)26-13(3)14-6-5-7-15(11-14)22(23)24/h4-8,10-11,13H,1,9H2,2-3H3/t13-/m1/s1. The maximum absolute atomic E-state index is 11.0. The summed E-state index contributed by atoms with van der Waals surface area (Å²) in [5, 5.41) is 20.3. The Morgan fingerprint density at radius 3 is 2.88 bits per heavy atom. The zero-order valence-electron chi connectivity index (χ0n) is 14.5. The SMILES string of the molecule is C=CCn1c(S[C@H](C)c2cccc([N+](=O)[O-])c2)nnc1-c1ccoc1C. The van der Waals surface area contributed by atoms with Crippen LogP contribution in [0.2, 0.25) is 0 Å². The molecule has 0 aliphatic carbocycles. The number of nitrogens with zero attached hydrogens (tertiary/aromatic N) is 4. The molecule has 7 nitrogen and oxygen atoms in total. The van der Waals surface area contributed by atoms with Gasteiger partial charge in [0.1, 0.15) is 5.76 Å². The monoisotopic (exact) mass is 370 g/mol. The molecule has 26 heavy (non-hydrogen) atoms. The summed E-state index contributed by atoms with van der Waals surface area (Å²) in [7, 11) is 0. The van der Waals surface area contributed by atoms with Crippen molar-refractivity contribution in [3.63, 3.8) is 0 Å². The predicted molar refractivity (Wildman–Crippen MR) is 100 cm³/mol. The van der Waals surface area contributed by atoms with E-state index in [4.69, 9.17) is 4.42 Å². The molecule has 0 radical (unpaired) electrons. The summed E-state index contributed by atoms with van der Waals surface area (Å²) >= 11 is 1.50. The van der Waals surface area contributed by atoms with Crippen LogP contribution in [0.1, 0.15) is 23.5 Å². The third kappa shape index (κ3) is 3.55. The van der Waals surface area contributed by atoms with Gasteiger partial charge in [-0.2, -0.15) is 0 Å². The molecule has 0 spiro atoms. The average Bonchev–Trinajstić information content (AvgIpc) is 3.21. The molecule has 134 valence electrons. The summed E-state index contributed by atoms with van der Waals surface area (Å²) in [5.41, 5.74) is 1.82. The van der Waals surface area contributed by atoms with Gasteiger partial charge in [0.25, 0.3) is 5.69 Å². The van der Waals surface area contributed by atoms with Crippen LogP contribution in [-0.4, -0.2) is 19.7 Å². The molecule has 0 saturated heterocycles. The first-order valence-electron chi connectivity index (χ1n) is 8.00. The molecule has 0 aliphatic rings. The minimum Gasteiger partial charge on any atom is -0.469 e. The van der Waals surface area contributed by atoms with Gasteiger partial charge in [-0.15, -0.1) is 16.8 Å². The fourth-order valence-electron chi connectivity index (χ4n) is 2.60. The van der Waals surface area contributed by atoms with Gasteiger partial charge in [0.2, 0.25) is 0 Å². The summed E-state index contributed by atoms with van der Waals surface area (Å²) < 4.78 is 7.33. The molecule has 3 rings (SSSR count). The van der Waals surface area contributed by atoms with Crippen molar-refractivity contribution in [1.82, 2.24) is 14.8 Å². The molecule has 3 aromatic rings. The van der Waals surface area contributed by atoms with E-state index in [9.17, 15) is 10.1 Å². The third-order valence-corrected chi connectivity index (χ3v) is 5.10. The molecule has 0 N–H and O–H groups in total.